The lowest BCUT2D eigenvalue weighted by atomic mass is 9.95. The molecule has 216 valence electrons. The van der Waals surface area contributed by atoms with Crippen molar-refractivity contribution in [2.75, 3.05) is 6.61 Å². The second kappa shape index (κ2) is 11.9. The van der Waals surface area contributed by atoms with Crippen molar-refractivity contribution in [3.63, 3.8) is 0 Å². The van der Waals surface area contributed by atoms with Crippen LogP contribution in [0, 0.1) is 10.1 Å². The number of esters is 1. The summed E-state index contributed by atoms with van der Waals surface area (Å²) in [6.45, 7) is 7.39. The molecule has 3 heterocycles. The molecule has 0 N–H and O–H groups in total. The largest absolute Gasteiger partial charge is 0.491 e. The van der Waals surface area contributed by atoms with Crippen LogP contribution in [0.1, 0.15) is 45.1 Å². The second-order valence-corrected chi connectivity index (χ2v) is 11.6. The molecule has 0 bridgehead atoms. The van der Waals surface area contributed by atoms with Crippen molar-refractivity contribution in [3.05, 3.63) is 111 Å². The highest BCUT2D eigenvalue weighted by Crippen LogP contribution is 2.36. The number of halogens is 1. The lowest BCUT2D eigenvalue weighted by Gasteiger charge is -2.26. The molecular formula is C30H26BrN3O7S. The number of thiazole rings is 1. The van der Waals surface area contributed by atoms with Gasteiger partial charge in [0.1, 0.15) is 23.3 Å². The Labute approximate surface area is 252 Å². The number of carbonyl (C=O) groups is 1. The Bertz CT molecular complexity index is 1920. The predicted octanol–water partition coefficient (Wildman–Crippen LogP) is 5.52. The molecule has 1 aliphatic rings. The van der Waals surface area contributed by atoms with Gasteiger partial charge in [-0.15, -0.1) is 0 Å². The molecule has 0 amide bonds. The molecule has 2 aromatic carbocycles. The molecule has 2 aromatic heterocycles. The molecule has 0 saturated carbocycles. The summed E-state index contributed by atoms with van der Waals surface area (Å²) < 4.78 is 19.7. The molecular weight excluding hydrogens is 626 g/mol. The van der Waals surface area contributed by atoms with Crippen molar-refractivity contribution in [2.24, 2.45) is 4.99 Å². The first kappa shape index (κ1) is 29.2. The molecule has 42 heavy (non-hydrogen) atoms. The van der Waals surface area contributed by atoms with Crippen LogP contribution < -0.4 is 19.6 Å². The van der Waals surface area contributed by atoms with Crippen LogP contribution in [0.25, 0.3) is 17.4 Å². The van der Waals surface area contributed by atoms with Gasteiger partial charge in [0.05, 0.1) is 39.0 Å². The first-order valence-corrected chi connectivity index (χ1v) is 14.7. The molecule has 0 fully saturated rings. The third-order valence-corrected chi connectivity index (χ3v) is 7.89. The Morgan fingerprint density at radius 1 is 1.24 bits per heavy atom. The van der Waals surface area contributed by atoms with Gasteiger partial charge in [-0.2, -0.15) is 0 Å². The zero-order valence-corrected chi connectivity index (χ0v) is 25.5. The number of allylic oxidation sites excluding steroid dienone is 1. The Hall–Kier alpha value is -4.29. The van der Waals surface area contributed by atoms with E-state index in [2.05, 4.69) is 20.9 Å². The molecule has 10 nitrogen and oxygen atoms in total. The quantitative estimate of drug-likeness (QED) is 0.140. The Kier molecular flexibility index (Phi) is 8.28. The molecule has 5 rings (SSSR count). The number of nitrogens with zero attached hydrogens (tertiary/aromatic N) is 3. The number of nitro groups is 1. The average molecular weight is 653 g/mol. The van der Waals surface area contributed by atoms with Gasteiger partial charge in [-0.25, -0.2) is 9.79 Å². The lowest BCUT2D eigenvalue weighted by molar-refractivity contribution is -0.384. The van der Waals surface area contributed by atoms with Crippen molar-refractivity contribution in [1.82, 2.24) is 4.57 Å². The normalized spacial score (nSPS) is 15.0. The van der Waals surface area contributed by atoms with Gasteiger partial charge in [-0.1, -0.05) is 45.5 Å². The fourth-order valence-corrected chi connectivity index (χ4v) is 6.10. The van der Waals surface area contributed by atoms with E-state index in [0.717, 1.165) is 11.3 Å². The summed E-state index contributed by atoms with van der Waals surface area (Å²) in [6, 6.07) is 14.4. The van der Waals surface area contributed by atoms with Gasteiger partial charge in [-0.05, 0) is 58.0 Å². The Morgan fingerprint density at radius 3 is 2.71 bits per heavy atom. The van der Waals surface area contributed by atoms with Crippen molar-refractivity contribution in [1.29, 1.82) is 0 Å². The van der Waals surface area contributed by atoms with E-state index in [0.29, 0.717) is 42.1 Å². The van der Waals surface area contributed by atoms with E-state index in [1.807, 2.05) is 32.0 Å². The van der Waals surface area contributed by atoms with Gasteiger partial charge < -0.3 is 13.9 Å². The monoisotopic (exact) mass is 651 g/mol. The van der Waals surface area contributed by atoms with E-state index in [1.54, 1.807) is 50.3 Å². The van der Waals surface area contributed by atoms with Crippen LogP contribution in [0.4, 0.5) is 5.69 Å². The standard InChI is InChI=1S/C30H26BrN3O7S/c1-5-39-29(36)26-17(4)32-30-33(27(26)21-8-6-7-9-23(21)40-16(2)3)28(35)25(42-30)15-19-11-13-24(41-19)20-12-10-18(31)14-22(20)34(37)38/h6-16,27H,5H2,1-4H3/b25-15-/t27-/m1/s1. The van der Waals surface area contributed by atoms with Gasteiger partial charge in [-0.3, -0.25) is 19.5 Å². The highest BCUT2D eigenvalue weighted by atomic mass is 79.9. The summed E-state index contributed by atoms with van der Waals surface area (Å²) in [7, 11) is 0. The Morgan fingerprint density at radius 2 is 2.00 bits per heavy atom. The third kappa shape index (κ3) is 5.59. The minimum absolute atomic E-state index is 0.117. The first-order valence-electron chi connectivity index (χ1n) is 13.1. The maximum absolute atomic E-state index is 14.0. The van der Waals surface area contributed by atoms with Crippen LogP contribution in [-0.4, -0.2) is 28.2 Å². The van der Waals surface area contributed by atoms with Crippen LogP contribution in [0.15, 0.2) is 84.5 Å². The predicted molar refractivity (Wildman–Crippen MR) is 161 cm³/mol. The molecule has 1 aliphatic heterocycles. The number of hydrogen-bond acceptors (Lipinski definition) is 9. The molecule has 12 heteroatoms. The van der Waals surface area contributed by atoms with Crippen LogP contribution in [0.2, 0.25) is 0 Å². The summed E-state index contributed by atoms with van der Waals surface area (Å²) in [4.78, 5) is 43.3. The van der Waals surface area contributed by atoms with Gasteiger partial charge in [0.25, 0.3) is 11.2 Å². The number of furan rings is 1. The topological polar surface area (TPSA) is 126 Å². The molecule has 4 aromatic rings. The molecule has 0 aliphatic carbocycles. The highest BCUT2D eigenvalue weighted by molar-refractivity contribution is 9.10. The number of hydrogen-bond donors (Lipinski definition) is 0. The minimum Gasteiger partial charge on any atom is -0.491 e. The van der Waals surface area contributed by atoms with Crippen molar-refractivity contribution in [3.8, 4) is 17.1 Å². The van der Waals surface area contributed by atoms with Crippen molar-refractivity contribution in [2.45, 2.75) is 39.8 Å². The van der Waals surface area contributed by atoms with Crippen LogP contribution in [0.3, 0.4) is 0 Å². The van der Waals surface area contributed by atoms with E-state index in [9.17, 15) is 19.7 Å². The lowest BCUT2D eigenvalue weighted by Crippen LogP contribution is -2.40. The summed E-state index contributed by atoms with van der Waals surface area (Å²) in [5.74, 6) is 0.583. The third-order valence-electron chi connectivity index (χ3n) is 6.42. The zero-order valence-electron chi connectivity index (χ0n) is 23.1. The smallest absolute Gasteiger partial charge is 0.338 e. The fourth-order valence-electron chi connectivity index (χ4n) is 4.72. The van der Waals surface area contributed by atoms with Crippen LogP contribution in [-0.2, 0) is 9.53 Å². The van der Waals surface area contributed by atoms with Gasteiger partial charge in [0, 0.05) is 22.2 Å². The summed E-state index contributed by atoms with van der Waals surface area (Å²) >= 11 is 4.41. The number of rotatable bonds is 8. The van der Waals surface area contributed by atoms with Crippen LogP contribution >= 0.6 is 27.3 Å². The second-order valence-electron chi connectivity index (χ2n) is 9.63. The van der Waals surface area contributed by atoms with E-state index in [4.69, 9.17) is 13.9 Å². The summed E-state index contributed by atoms with van der Waals surface area (Å²) in [5.41, 5.74) is 1.12. The maximum atomic E-state index is 14.0. The van der Waals surface area contributed by atoms with Gasteiger partial charge >= 0.3 is 5.97 Å². The van der Waals surface area contributed by atoms with Crippen LogP contribution in [0.5, 0.6) is 5.75 Å². The van der Waals surface area contributed by atoms with Gasteiger partial charge in [0.15, 0.2) is 4.80 Å². The zero-order chi connectivity index (χ0) is 30.1. The number of para-hydroxylation sites is 1. The summed E-state index contributed by atoms with van der Waals surface area (Å²) in [6.07, 6.45) is 1.42. The number of ether oxygens (including phenoxy) is 2. The van der Waals surface area contributed by atoms with E-state index in [1.165, 1.54) is 10.6 Å². The molecule has 0 spiro atoms. The number of carbonyl (C=O) groups excluding carboxylic acids is 1. The maximum Gasteiger partial charge on any atom is 0.338 e. The summed E-state index contributed by atoms with van der Waals surface area (Å²) in [5, 5.41) is 11.6. The van der Waals surface area contributed by atoms with Crippen molar-refractivity contribution >= 4 is 45.0 Å². The van der Waals surface area contributed by atoms with Crippen molar-refractivity contribution < 1.29 is 23.6 Å². The first-order chi connectivity index (χ1) is 20.1. The minimum atomic E-state index is -0.838. The van der Waals surface area contributed by atoms with E-state index in [-0.39, 0.29) is 35.3 Å². The van der Waals surface area contributed by atoms with Gasteiger partial charge in [0.2, 0.25) is 0 Å². The SMILES string of the molecule is CCOC(=O)C1=C(C)N=c2s/c(=C\c3ccc(-c4ccc(Br)cc4[N+](=O)[O-])o3)c(=O)n2[C@@H]1c1ccccc1OC(C)C. The number of fused-ring (bicyclic) bond motifs is 1. The molecule has 1 atom stereocenters. The fraction of sp³-hybridized carbons (Fsp3) is 0.233. The Balaban J connectivity index is 1.66. The van der Waals surface area contributed by atoms with E-state index >= 15 is 0 Å². The van der Waals surface area contributed by atoms with E-state index < -0.39 is 16.9 Å². The highest BCUT2D eigenvalue weighted by Gasteiger charge is 2.35. The molecule has 0 saturated heterocycles. The number of nitro benzene ring substituents is 1. The average Bonchev–Trinajstić information content (AvgIpc) is 3.52. The molecule has 0 radical (unpaired) electrons. The molecule has 0 unspecified atom stereocenters. The number of benzene rings is 2. The number of aromatic nitrogens is 1.